The molecule has 6 heteroatoms. The van der Waals surface area contributed by atoms with Crippen LogP contribution in [0.15, 0.2) is 91.3 Å². The van der Waals surface area contributed by atoms with Gasteiger partial charge in [0, 0.05) is 23.8 Å². The molecule has 0 aliphatic carbocycles. The lowest BCUT2D eigenvalue weighted by atomic mass is 10.0. The van der Waals surface area contributed by atoms with Crippen molar-refractivity contribution in [3.8, 4) is 5.69 Å². The Morgan fingerprint density at radius 2 is 1.81 bits per heavy atom. The van der Waals surface area contributed by atoms with Crippen LogP contribution in [-0.4, -0.2) is 14.7 Å². The molecule has 1 N–H and O–H groups in total. The Labute approximate surface area is 186 Å². The van der Waals surface area contributed by atoms with Crippen molar-refractivity contribution in [2.45, 2.75) is 19.0 Å². The van der Waals surface area contributed by atoms with Gasteiger partial charge in [0.25, 0.3) is 0 Å². The van der Waals surface area contributed by atoms with E-state index in [0.717, 1.165) is 17.1 Å². The van der Waals surface area contributed by atoms with Crippen LogP contribution < -0.4 is 10.2 Å². The van der Waals surface area contributed by atoms with Crippen LogP contribution in [0.25, 0.3) is 5.69 Å². The number of aromatic nitrogens is 2. The van der Waals surface area contributed by atoms with Crippen LogP contribution >= 0.6 is 12.2 Å². The minimum Gasteiger partial charge on any atom is -0.351 e. The van der Waals surface area contributed by atoms with Crippen LogP contribution in [0.4, 0.5) is 10.1 Å². The van der Waals surface area contributed by atoms with Crippen molar-refractivity contribution in [1.82, 2.24) is 14.9 Å². The first-order chi connectivity index (χ1) is 15.1. The largest absolute Gasteiger partial charge is 0.351 e. The van der Waals surface area contributed by atoms with Gasteiger partial charge >= 0.3 is 0 Å². The third-order valence-electron chi connectivity index (χ3n) is 5.57. The molecule has 0 amide bonds. The quantitative estimate of drug-likeness (QED) is 0.435. The summed E-state index contributed by atoms with van der Waals surface area (Å²) in [4.78, 5) is 6.44. The summed E-state index contributed by atoms with van der Waals surface area (Å²) >= 11 is 5.70. The van der Waals surface area contributed by atoms with Crippen LogP contribution in [-0.2, 0) is 0 Å². The topological polar surface area (TPSA) is 33.1 Å². The number of halogens is 1. The van der Waals surface area contributed by atoms with Crippen molar-refractivity contribution in [2.75, 3.05) is 4.90 Å². The third-order valence-corrected chi connectivity index (χ3v) is 5.89. The van der Waals surface area contributed by atoms with E-state index in [4.69, 9.17) is 12.2 Å². The molecule has 0 unspecified atom stereocenters. The van der Waals surface area contributed by atoms with Gasteiger partial charge in [0.2, 0.25) is 0 Å². The van der Waals surface area contributed by atoms with E-state index in [-0.39, 0.29) is 17.9 Å². The Kier molecular flexibility index (Phi) is 5.00. The molecule has 3 heterocycles. The van der Waals surface area contributed by atoms with Gasteiger partial charge in [0.05, 0.1) is 17.4 Å². The summed E-state index contributed by atoms with van der Waals surface area (Å²) in [6.45, 7) is 2.07. The van der Waals surface area contributed by atoms with Crippen molar-refractivity contribution < 1.29 is 4.39 Å². The normalized spacial score (nSPS) is 18.3. The number of thiocarbonyl (C=S) groups is 1. The summed E-state index contributed by atoms with van der Waals surface area (Å²) in [6.07, 6.45) is 3.79. The molecule has 2 aromatic carbocycles. The van der Waals surface area contributed by atoms with E-state index >= 15 is 0 Å². The molecule has 0 spiro atoms. The Morgan fingerprint density at radius 1 is 0.968 bits per heavy atom. The molecule has 31 heavy (non-hydrogen) atoms. The van der Waals surface area contributed by atoms with E-state index in [1.54, 1.807) is 18.3 Å². The van der Waals surface area contributed by atoms with Crippen LogP contribution in [0.2, 0.25) is 0 Å². The average molecular weight is 429 g/mol. The molecule has 1 aliphatic rings. The molecule has 0 bridgehead atoms. The second-order valence-corrected chi connectivity index (χ2v) is 7.98. The zero-order chi connectivity index (χ0) is 21.4. The summed E-state index contributed by atoms with van der Waals surface area (Å²) < 4.78 is 17.0. The Morgan fingerprint density at radius 3 is 2.58 bits per heavy atom. The molecule has 0 radical (unpaired) electrons. The number of benzene rings is 2. The SMILES string of the molecule is Cc1cccc(-n2cccc2[C@H]2[C@H](c3ccccn3)NC(=S)N2c2ccccc2F)c1. The van der Waals surface area contributed by atoms with E-state index < -0.39 is 0 Å². The van der Waals surface area contributed by atoms with E-state index in [1.807, 2.05) is 47.5 Å². The molecule has 1 saturated heterocycles. The van der Waals surface area contributed by atoms with Gasteiger partial charge in [-0.2, -0.15) is 0 Å². The highest BCUT2D eigenvalue weighted by molar-refractivity contribution is 7.80. The van der Waals surface area contributed by atoms with E-state index in [1.165, 1.54) is 11.6 Å². The summed E-state index contributed by atoms with van der Waals surface area (Å²) in [6, 6.07) is 24.4. The van der Waals surface area contributed by atoms with Crippen molar-refractivity contribution >= 4 is 23.0 Å². The number of hydrogen-bond donors (Lipinski definition) is 1. The summed E-state index contributed by atoms with van der Waals surface area (Å²) in [7, 11) is 0. The van der Waals surface area contributed by atoms with Crippen molar-refractivity contribution in [1.29, 1.82) is 0 Å². The number of rotatable bonds is 4. The summed E-state index contributed by atoms with van der Waals surface area (Å²) in [5, 5.41) is 3.86. The minimum absolute atomic E-state index is 0.230. The van der Waals surface area contributed by atoms with E-state index in [2.05, 4.69) is 46.1 Å². The van der Waals surface area contributed by atoms with Gasteiger partial charge in [-0.3, -0.25) is 4.98 Å². The van der Waals surface area contributed by atoms with Crippen LogP contribution in [0.3, 0.4) is 0 Å². The number of hydrogen-bond acceptors (Lipinski definition) is 2. The van der Waals surface area contributed by atoms with Gasteiger partial charge in [-0.25, -0.2) is 4.39 Å². The Bertz CT molecular complexity index is 1240. The first-order valence-corrected chi connectivity index (χ1v) is 10.5. The fraction of sp³-hybridized carbons (Fsp3) is 0.120. The average Bonchev–Trinajstić information content (AvgIpc) is 3.39. The number of anilines is 1. The molecule has 1 fully saturated rings. The smallest absolute Gasteiger partial charge is 0.174 e. The van der Waals surface area contributed by atoms with Crippen LogP contribution in [0.1, 0.15) is 29.0 Å². The first kappa shape index (κ1) is 19.5. The standard InChI is InChI=1S/C25H21FN4S/c1-17-8-6-9-18(16-17)29-15-7-13-22(29)24-23(20-11-4-5-14-27-20)28-25(31)30(24)21-12-3-2-10-19(21)26/h2-16,23-24H,1H3,(H,28,31)/t23-,24-/m0/s1. The van der Waals surface area contributed by atoms with Gasteiger partial charge in [-0.05, 0) is 73.2 Å². The molecule has 5 rings (SSSR count). The Hall–Kier alpha value is -3.51. The number of pyridine rings is 1. The Balaban J connectivity index is 1.69. The number of nitrogens with one attached hydrogen (secondary N) is 1. The van der Waals surface area contributed by atoms with E-state index in [9.17, 15) is 4.39 Å². The molecular weight excluding hydrogens is 407 g/mol. The maximum Gasteiger partial charge on any atom is 0.174 e. The summed E-state index contributed by atoms with van der Waals surface area (Å²) in [5.41, 5.74) is 4.51. The number of nitrogens with zero attached hydrogens (tertiary/aromatic N) is 3. The third kappa shape index (κ3) is 3.49. The number of aryl methyl sites for hydroxylation is 1. The molecule has 154 valence electrons. The predicted octanol–water partition coefficient (Wildman–Crippen LogP) is 5.50. The lowest BCUT2D eigenvalue weighted by Gasteiger charge is -2.29. The molecule has 2 atom stereocenters. The fourth-order valence-corrected chi connectivity index (χ4v) is 4.55. The molecule has 0 saturated carbocycles. The fourth-order valence-electron chi connectivity index (χ4n) is 4.21. The maximum absolute atomic E-state index is 14.9. The van der Waals surface area contributed by atoms with Gasteiger partial charge in [-0.15, -0.1) is 0 Å². The minimum atomic E-state index is -0.313. The van der Waals surface area contributed by atoms with Crippen LogP contribution in [0.5, 0.6) is 0 Å². The zero-order valence-corrected chi connectivity index (χ0v) is 17.8. The molecule has 4 aromatic rings. The van der Waals surface area contributed by atoms with Crippen molar-refractivity contribution in [2.24, 2.45) is 0 Å². The second-order valence-electron chi connectivity index (χ2n) is 7.59. The second kappa shape index (κ2) is 7.96. The monoisotopic (exact) mass is 428 g/mol. The zero-order valence-electron chi connectivity index (χ0n) is 16.9. The van der Waals surface area contributed by atoms with Gasteiger partial charge < -0.3 is 14.8 Å². The highest BCUT2D eigenvalue weighted by atomic mass is 32.1. The van der Waals surface area contributed by atoms with Crippen LogP contribution in [0, 0.1) is 12.7 Å². The lowest BCUT2D eigenvalue weighted by Crippen LogP contribution is -2.31. The molecular formula is C25H21FN4S. The molecule has 4 nitrogen and oxygen atoms in total. The van der Waals surface area contributed by atoms with Gasteiger partial charge in [0.15, 0.2) is 5.11 Å². The van der Waals surface area contributed by atoms with E-state index in [0.29, 0.717) is 10.8 Å². The highest BCUT2D eigenvalue weighted by Gasteiger charge is 2.42. The predicted molar refractivity (Wildman–Crippen MR) is 125 cm³/mol. The lowest BCUT2D eigenvalue weighted by molar-refractivity contribution is 0.542. The highest BCUT2D eigenvalue weighted by Crippen LogP contribution is 2.42. The van der Waals surface area contributed by atoms with Gasteiger partial charge in [-0.1, -0.05) is 30.3 Å². The molecule has 1 aliphatic heterocycles. The van der Waals surface area contributed by atoms with Gasteiger partial charge in [0.1, 0.15) is 11.9 Å². The molecule has 2 aromatic heterocycles. The maximum atomic E-state index is 14.9. The van der Waals surface area contributed by atoms with Crippen molar-refractivity contribution in [3.05, 3.63) is 114 Å². The summed E-state index contributed by atoms with van der Waals surface area (Å²) in [5.74, 6) is -0.313. The first-order valence-electron chi connectivity index (χ1n) is 10.1. The number of para-hydroxylation sites is 1. The van der Waals surface area contributed by atoms with Crippen molar-refractivity contribution in [3.63, 3.8) is 0 Å².